The van der Waals surface area contributed by atoms with E-state index in [1.807, 2.05) is 26.8 Å². The van der Waals surface area contributed by atoms with Crippen molar-refractivity contribution < 1.29 is 8.94 Å². The van der Waals surface area contributed by atoms with Crippen molar-refractivity contribution >= 4 is 11.4 Å². The third-order valence-electron chi connectivity index (χ3n) is 2.49. The monoisotopic (exact) mass is 269 g/mol. The van der Waals surface area contributed by atoms with Gasteiger partial charge in [0.1, 0.15) is 17.0 Å². The molecule has 0 aromatic heterocycles. The summed E-state index contributed by atoms with van der Waals surface area (Å²) in [4.78, 5) is 0. The Kier molecular flexibility index (Phi) is 5.38. The molecule has 4 heteroatoms. The summed E-state index contributed by atoms with van der Waals surface area (Å²) in [6, 6.07) is 8.16. The molecule has 1 aromatic carbocycles. The average Bonchev–Trinajstić information content (AvgIpc) is 2.34. The predicted molar refractivity (Wildman–Crippen MR) is 75.3 cm³/mol. The summed E-state index contributed by atoms with van der Waals surface area (Å²) < 4.78 is 28.6. The SMILES string of the molecule is C=CC(N[S+]([O-])C(C)(C)C)[C@H](F)c1ccccc1. The Morgan fingerprint density at radius 3 is 2.33 bits per heavy atom. The number of alkyl halides is 1. The molecule has 0 aliphatic heterocycles. The van der Waals surface area contributed by atoms with Crippen LogP contribution in [0.4, 0.5) is 4.39 Å². The topological polar surface area (TPSA) is 35.1 Å². The molecule has 0 saturated heterocycles. The van der Waals surface area contributed by atoms with E-state index in [4.69, 9.17) is 0 Å². The summed E-state index contributed by atoms with van der Waals surface area (Å²) in [5.74, 6) is 0. The fraction of sp³-hybridized carbons (Fsp3) is 0.429. The first kappa shape index (κ1) is 15.2. The molecule has 2 unspecified atom stereocenters. The van der Waals surface area contributed by atoms with Crippen LogP contribution in [0.2, 0.25) is 0 Å². The minimum Gasteiger partial charge on any atom is -0.598 e. The molecule has 0 spiro atoms. The second-order valence-corrected chi connectivity index (χ2v) is 7.07. The summed E-state index contributed by atoms with van der Waals surface area (Å²) in [6.07, 6.45) is 0.205. The lowest BCUT2D eigenvalue weighted by Crippen LogP contribution is -2.45. The minimum absolute atomic E-state index is 0.433. The number of hydrogen-bond donors (Lipinski definition) is 1. The van der Waals surface area contributed by atoms with Crippen LogP contribution in [0.25, 0.3) is 0 Å². The molecule has 0 radical (unpaired) electrons. The van der Waals surface area contributed by atoms with Crippen molar-refractivity contribution in [1.82, 2.24) is 4.72 Å². The summed E-state index contributed by atoms with van der Waals surface area (Å²) in [6.45, 7) is 9.12. The van der Waals surface area contributed by atoms with Gasteiger partial charge in [0, 0.05) is 11.4 Å². The van der Waals surface area contributed by atoms with Crippen molar-refractivity contribution in [3.63, 3.8) is 0 Å². The zero-order chi connectivity index (χ0) is 13.8. The van der Waals surface area contributed by atoms with Crippen molar-refractivity contribution in [2.24, 2.45) is 0 Å². The molecule has 0 fully saturated rings. The van der Waals surface area contributed by atoms with Gasteiger partial charge >= 0.3 is 0 Å². The molecule has 2 nitrogen and oxygen atoms in total. The molecule has 0 saturated carbocycles. The van der Waals surface area contributed by atoms with Crippen LogP contribution in [0.5, 0.6) is 0 Å². The van der Waals surface area contributed by atoms with Gasteiger partial charge in [0.2, 0.25) is 0 Å². The van der Waals surface area contributed by atoms with E-state index in [0.29, 0.717) is 5.56 Å². The normalized spacial score (nSPS) is 16.9. The molecular weight excluding hydrogens is 249 g/mol. The zero-order valence-electron chi connectivity index (χ0n) is 11.0. The van der Waals surface area contributed by atoms with Gasteiger partial charge in [-0.05, 0) is 26.3 Å². The number of benzene rings is 1. The van der Waals surface area contributed by atoms with Gasteiger partial charge in [-0.1, -0.05) is 36.4 Å². The van der Waals surface area contributed by atoms with Gasteiger partial charge in [-0.15, -0.1) is 11.3 Å². The Hall–Kier alpha value is -0.840. The van der Waals surface area contributed by atoms with Gasteiger partial charge in [-0.2, -0.15) is 0 Å². The second-order valence-electron chi connectivity index (χ2n) is 5.07. The fourth-order valence-corrected chi connectivity index (χ4v) is 2.19. The molecule has 0 aliphatic rings. The van der Waals surface area contributed by atoms with E-state index in [-0.39, 0.29) is 0 Å². The molecule has 1 aromatic rings. The fourth-order valence-electron chi connectivity index (χ4n) is 1.37. The van der Waals surface area contributed by atoms with E-state index in [1.54, 1.807) is 24.3 Å². The first-order valence-electron chi connectivity index (χ1n) is 5.86. The Bertz CT molecular complexity index is 377. The van der Waals surface area contributed by atoms with E-state index in [2.05, 4.69) is 11.3 Å². The highest BCUT2D eigenvalue weighted by Crippen LogP contribution is 2.24. The van der Waals surface area contributed by atoms with Crippen LogP contribution in [0.3, 0.4) is 0 Å². The molecule has 1 N–H and O–H groups in total. The van der Waals surface area contributed by atoms with Crippen molar-refractivity contribution in [3.8, 4) is 0 Å². The molecule has 100 valence electrons. The lowest BCUT2D eigenvalue weighted by Gasteiger charge is -2.28. The van der Waals surface area contributed by atoms with E-state index in [9.17, 15) is 8.94 Å². The number of rotatable bonds is 5. The summed E-state index contributed by atoms with van der Waals surface area (Å²) in [5.41, 5.74) is 0.556. The van der Waals surface area contributed by atoms with Crippen molar-refractivity contribution in [2.75, 3.05) is 0 Å². The van der Waals surface area contributed by atoms with E-state index in [0.717, 1.165) is 0 Å². The van der Waals surface area contributed by atoms with Crippen LogP contribution >= 0.6 is 0 Å². The lowest BCUT2D eigenvalue weighted by molar-refractivity contribution is 0.303. The van der Waals surface area contributed by atoms with Crippen LogP contribution in [0.15, 0.2) is 43.0 Å². The van der Waals surface area contributed by atoms with Crippen LogP contribution in [0.1, 0.15) is 32.5 Å². The highest BCUT2D eigenvalue weighted by atomic mass is 32.2. The zero-order valence-corrected chi connectivity index (χ0v) is 11.8. The third kappa shape index (κ3) is 4.12. The quantitative estimate of drug-likeness (QED) is 0.657. The average molecular weight is 269 g/mol. The number of halogens is 1. The van der Waals surface area contributed by atoms with Crippen molar-refractivity contribution in [3.05, 3.63) is 48.6 Å². The summed E-state index contributed by atoms with van der Waals surface area (Å²) in [7, 11) is 0. The lowest BCUT2D eigenvalue weighted by atomic mass is 10.0. The smallest absolute Gasteiger partial charge is 0.148 e. The molecule has 0 bridgehead atoms. The van der Waals surface area contributed by atoms with Crippen LogP contribution in [-0.4, -0.2) is 15.3 Å². The number of hydrogen-bond acceptors (Lipinski definition) is 2. The molecule has 0 aliphatic carbocycles. The maximum atomic E-state index is 14.3. The Morgan fingerprint density at radius 2 is 1.89 bits per heavy atom. The maximum absolute atomic E-state index is 14.3. The molecule has 0 heterocycles. The van der Waals surface area contributed by atoms with Crippen LogP contribution < -0.4 is 4.72 Å². The first-order chi connectivity index (χ1) is 8.36. The van der Waals surface area contributed by atoms with Gasteiger partial charge in [0.25, 0.3) is 0 Å². The molecule has 3 atom stereocenters. The van der Waals surface area contributed by atoms with Gasteiger partial charge in [-0.25, -0.2) is 4.39 Å². The second kappa shape index (κ2) is 6.36. The predicted octanol–water partition coefficient (Wildman–Crippen LogP) is 3.30. The van der Waals surface area contributed by atoms with E-state index in [1.165, 1.54) is 6.08 Å². The van der Waals surface area contributed by atoms with Crippen molar-refractivity contribution in [1.29, 1.82) is 0 Å². The van der Waals surface area contributed by atoms with Gasteiger partial charge < -0.3 is 4.55 Å². The highest BCUT2D eigenvalue weighted by molar-refractivity contribution is 7.90. The summed E-state index contributed by atoms with van der Waals surface area (Å²) >= 11 is -1.32. The van der Waals surface area contributed by atoms with Crippen LogP contribution in [0, 0.1) is 0 Å². The van der Waals surface area contributed by atoms with Crippen LogP contribution in [-0.2, 0) is 11.4 Å². The van der Waals surface area contributed by atoms with E-state index >= 15 is 0 Å². The molecule has 1 rings (SSSR count). The first-order valence-corrected chi connectivity index (χ1v) is 7.01. The molecule has 0 amide bonds. The standard InChI is InChI=1S/C14H20FNOS/c1-5-12(16-18(17)14(2,3)4)13(15)11-9-7-6-8-10-11/h5-10,12-13,16H,1H2,2-4H3/t12?,13-,18?/m1/s1. The largest absolute Gasteiger partial charge is 0.598 e. The number of nitrogens with one attached hydrogen (secondary N) is 1. The maximum Gasteiger partial charge on any atom is 0.148 e. The Morgan fingerprint density at radius 1 is 1.33 bits per heavy atom. The van der Waals surface area contributed by atoms with Crippen molar-refractivity contribution in [2.45, 2.75) is 37.7 Å². The van der Waals surface area contributed by atoms with E-state index < -0.39 is 28.3 Å². The highest BCUT2D eigenvalue weighted by Gasteiger charge is 2.31. The summed E-state index contributed by atoms with van der Waals surface area (Å²) in [5, 5.41) is 0. The Balaban J connectivity index is 2.76. The Labute approximate surface area is 112 Å². The molecule has 18 heavy (non-hydrogen) atoms. The van der Waals surface area contributed by atoms with Gasteiger partial charge in [0.15, 0.2) is 0 Å². The van der Waals surface area contributed by atoms with Gasteiger partial charge in [0.05, 0.1) is 0 Å². The third-order valence-corrected chi connectivity index (χ3v) is 4.09. The van der Waals surface area contributed by atoms with Gasteiger partial charge in [-0.3, -0.25) is 0 Å². The minimum atomic E-state index is -1.32. The molecular formula is C14H20FNOS.